The van der Waals surface area contributed by atoms with Crippen LogP contribution >= 0.6 is 0 Å². The highest BCUT2D eigenvalue weighted by atomic mass is 19.1. The lowest BCUT2D eigenvalue weighted by atomic mass is 9.98. The molecule has 2 atom stereocenters. The van der Waals surface area contributed by atoms with E-state index in [0.29, 0.717) is 61.0 Å². The van der Waals surface area contributed by atoms with Crippen molar-refractivity contribution in [3.63, 3.8) is 0 Å². The standard InChI is InChI=1S/C33H34FNO6/c1-33(2,37)13-15-35-14-12-20-16-22(5-9-27(20)35)40-28-11-8-26(34)32-25(28)7-10-29(32)41-23-4-6-24-21(17-31(36)38-3)19-39-30(24)18-23/h4-6,8-9,11-12,14,16,18,21,29,37H,7,10,13,15,17,19H2,1-3H3/t21?,29-/m1/s1. The van der Waals surface area contributed by atoms with E-state index in [0.717, 1.165) is 22.0 Å². The average Bonchev–Trinajstić information content (AvgIpc) is 3.66. The van der Waals surface area contributed by atoms with Crippen molar-refractivity contribution in [3.8, 4) is 23.0 Å². The summed E-state index contributed by atoms with van der Waals surface area (Å²) in [6.07, 6.45) is 3.72. The molecular weight excluding hydrogens is 525 g/mol. The fraction of sp³-hybridized carbons (Fsp3) is 0.364. The van der Waals surface area contributed by atoms with E-state index in [9.17, 15) is 9.90 Å². The van der Waals surface area contributed by atoms with Gasteiger partial charge in [0.15, 0.2) is 0 Å². The SMILES string of the molecule is COC(=O)CC1COc2cc(O[C@@H]3CCc4c(Oc5ccc6c(ccn6CCC(C)(C)O)c5)ccc(F)c43)ccc21. The summed E-state index contributed by atoms with van der Waals surface area (Å²) in [6.45, 7) is 4.74. The van der Waals surface area contributed by atoms with E-state index < -0.39 is 11.7 Å². The minimum Gasteiger partial charge on any atom is -0.492 e. The zero-order chi connectivity index (χ0) is 28.7. The number of carbonyl (C=O) groups excluding carboxylic acids is 1. The fourth-order valence-corrected chi connectivity index (χ4v) is 5.76. The molecule has 0 saturated heterocycles. The van der Waals surface area contributed by atoms with Gasteiger partial charge in [0.05, 0.1) is 25.7 Å². The van der Waals surface area contributed by atoms with Gasteiger partial charge >= 0.3 is 5.97 Å². The Morgan fingerprint density at radius 3 is 2.76 bits per heavy atom. The topological polar surface area (TPSA) is 79.2 Å². The number of methoxy groups -OCH3 is 1. The molecule has 3 aromatic carbocycles. The number of hydrogen-bond acceptors (Lipinski definition) is 6. The molecule has 4 aromatic rings. The first-order valence-electron chi connectivity index (χ1n) is 14.0. The van der Waals surface area contributed by atoms with Gasteiger partial charge in [0, 0.05) is 52.3 Å². The second kappa shape index (κ2) is 10.7. The number of benzene rings is 3. The first-order chi connectivity index (χ1) is 19.7. The van der Waals surface area contributed by atoms with Gasteiger partial charge in [-0.2, -0.15) is 0 Å². The molecule has 0 amide bonds. The van der Waals surface area contributed by atoms with Gasteiger partial charge in [-0.3, -0.25) is 4.79 Å². The van der Waals surface area contributed by atoms with E-state index >= 15 is 4.39 Å². The minimum atomic E-state index is -0.729. The highest BCUT2D eigenvalue weighted by Crippen LogP contribution is 2.44. The molecule has 0 bridgehead atoms. The molecule has 41 heavy (non-hydrogen) atoms. The van der Waals surface area contributed by atoms with Crippen LogP contribution in [0.15, 0.2) is 60.8 Å². The van der Waals surface area contributed by atoms with Crippen LogP contribution in [0.1, 0.15) is 61.8 Å². The van der Waals surface area contributed by atoms with Gasteiger partial charge in [0.1, 0.15) is 34.9 Å². The van der Waals surface area contributed by atoms with Crippen LogP contribution in [0.5, 0.6) is 23.0 Å². The number of rotatable bonds is 9. The van der Waals surface area contributed by atoms with E-state index in [-0.39, 0.29) is 24.1 Å². The van der Waals surface area contributed by atoms with Crippen molar-refractivity contribution in [2.24, 2.45) is 0 Å². The lowest BCUT2D eigenvalue weighted by Crippen LogP contribution is -2.20. The number of hydrogen-bond donors (Lipinski definition) is 1. The summed E-state index contributed by atoms with van der Waals surface area (Å²) in [5, 5.41) is 11.1. The lowest BCUT2D eigenvalue weighted by Gasteiger charge is -2.18. The monoisotopic (exact) mass is 559 g/mol. The lowest BCUT2D eigenvalue weighted by molar-refractivity contribution is -0.141. The van der Waals surface area contributed by atoms with Gasteiger partial charge in [0.2, 0.25) is 0 Å². The van der Waals surface area contributed by atoms with E-state index in [1.807, 2.05) is 62.5 Å². The maximum Gasteiger partial charge on any atom is 0.306 e. The van der Waals surface area contributed by atoms with Crippen LogP contribution in [0.25, 0.3) is 10.9 Å². The molecule has 1 aliphatic heterocycles. The van der Waals surface area contributed by atoms with Crippen LogP contribution < -0.4 is 14.2 Å². The first kappa shape index (κ1) is 27.1. The molecule has 0 spiro atoms. The second-order valence-corrected chi connectivity index (χ2v) is 11.5. The molecular formula is C33H34FNO6. The Morgan fingerprint density at radius 1 is 1.12 bits per heavy atom. The smallest absolute Gasteiger partial charge is 0.306 e. The number of aliphatic hydroxyl groups is 1. The van der Waals surface area contributed by atoms with Crippen LogP contribution in [0.2, 0.25) is 0 Å². The Bertz CT molecular complexity index is 1600. The molecule has 1 aromatic heterocycles. The van der Waals surface area contributed by atoms with E-state index in [4.69, 9.17) is 18.9 Å². The van der Waals surface area contributed by atoms with Crippen LogP contribution in [0, 0.1) is 5.82 Å². The van der Waals surface area contributed by atoms with E-state index in [1.54, 1.807) is 6.07 Å². The largest absolute Gasteiger partial charge is 0.492 e. The van der Waals surface area contributed by atoms with Crippen molar-refractivity contribution in [1.82, 2.24) is 4.57 Å². The summed E-state index contributed by atoms with van der Waals surface area (Å²) in [7, 11) is 1.38. The molecule has 2 aliphatic rings. The predicted octanol–water partition coefficient (Wildman–Crippen LogP) is 6.84. The summed E-state index contributed by atoms with van der Waals surface area (Å²) < 4.78 is 40.4. The maximum atomic E-state index is 15.1. The number of halogens is 1. The maximum absolute atomic E-state index is 15.1. The quantitative estimate of drug-likeness (QED) is 0.226. The van der Waals surface area contributed by atoms with Gasteiger partial charge in [-0.25, -0.2) is 4.39 Å². The molecule has 0 radical (unpaired) electrons. The van der Waals surface area contributed by atoms with Gasteiger partial charge in [0.25, 0.3) is 0 Å². The Morgan fingerprint density at radius 2 is 1.95 bits per heavy atom. The van der Waals surface area contributed by atoms with Crippen molar-refractivity contribution in [1.29, 1.82) is 0 Å². The average molecular weight is 560 g/mol. The summed E-state index contributed by atoms with van der Waals surface area (Å²) in [5.41, 5.74) is 2.61. The molecule has 1 unspecified atom stereocenters. The summed E-state index contributed by atoms with van der Waals surface area (Å²) in [4.78, 5) is 11.7. The number of ether oxygens (including phenoxy) is 4. The highest BCUT2D eigenvalue weighted by molar-refractivity contribution is 5.81. The predicted molar refractivity (Wildman–Crippen MR) is 152 cm³/mol. The van der Waals surface area contributed by atoms with Crippen molar-refractivity contribution >= 4 is 16.9 Å². The molecule has 214 valence electrons. The zero-order valence-electron chi connectivity index (χ0n) is 23.5. The highest BCUT2D eigenvalue weighted by Gasteiger charge is 2.32. The van der Waals surface area contributed by atoms with Gasteiger partial charge in [-0.05, 0) is 75.6 Å². The number of carbonyl (C=O) groups is 1. The van der Waals surface area contributed by atoms with Crippen molar-refractivity contribution in [2.75, 3.05) is 13.7 Å². The third-order valence-electron chi connectivity index (χ3n) is 7.96. The second-order valence-electron chi connectivity index (χ2n) is 11.5. The van der Waals surface area contributed by atoms with Crippen molar-refractivity contribution < 1.29 is 33.2 Å². The molecule has 2 heterocycles. The van der Waals surface area contributed by atoms with Gasteiger partial charge < -0.3 is 28.6 Å². The number of aryl methyl sites for hydroxylation is 1. The minimum absolute atomic E-state index is 0.0543. The zero-order valence-corrected chi connectivity index (χ0v) is 23.5. The molecule has 1 N–H and O–H groups in total. The number of fused-ring (bicyclic) bond motifs is 3. The Kier molecular flexibility index (Phi) is 7.11. The molecule has 6 rings (SSSR count). The van der Waals surface area contributed by atoms with E-state index in [1.165, 1.54) is 13.2 Å². The van der Waals surface area contributed by atoms with Gasteiger partial charge in [-0.1, -0.05) is 6.07 Å². The number of esters is 1. The summed E-state index contributed by atoms with van der Waals surface area (Å²) in [5.74, 6) is 1.92. The Labute approximate surface area is 238 Å². The summed E-state index contributed by atoms with van der Waals surface area (Å²) >= 11 is 0. The van der Waals surface area contributed by atoms with Crippen LogP contribution in [-0.2, 0) is 22.5 Å². The number of nitrogens with zero attached hydrogens (tertiary/aromatic N) is 1. The number of aromatic nitrogens is 1. The van der Waals surface area contributed by atoms with E-state index in [2.05, 4.69) is 4.57 Å². The van der Waals surface area contributed by atoms with Crippen LogP contribution in [-0.4, -0.2) is 35.0 Å². The first-order valence-corrected chi connectivity index (χ1v) is 14.0. The van der Waals surface area contributed by atoms with Crippen LogP contribution in [0.3, 0.4) is 0 Å². The van der Waals surface area contributed by atoms with Crippen molar-refractivity contribution in [3.05, 3.63) is 83.3 Å². The Hall–Kier alpha value is -4.04. The third kappa shape index (κ3) is 5.61. The molecule has 0 saturated carbocycles. The van der Waals surface area contributed by atoms with Gasteiger partial charge in [-0.15, -0.1) is 0 Å². The molecule has 1 aliphatic carbocycles. The normalized spacial score (nSPS) is 17.7. The molecule has 8 heteroatoms. The van der Waals surface area contributed by atoms with Crippen LogP contribution in [0.4, 0.5) is 4.39 Å². The summed E-state index contributed by atoms with van der Waals surface area (Å²) in [6, 6.07) is 16.6. The fourth-order valence-electron chi connectivity index (χ4n) is 5.76. The Balaban J connectivity index is 1.18. The third-order valence-corrected chi connectivity index (χ3v) is 7.96. The molecule has 0 fully saturated rings. The molecule has 7 nitrogen and oxygen atoms in total. The van der Waals surface area contributed by atoms with Crippen molar-refractivity contribution in [2.45, 2.75) is 63.7 Å².